The van der Waals surface area contributed by atoms with Crippen LogP contribution in [-0.4, -0.2) is 19.8 Å². The topological polar surface area (TPSA) is 44.8 Å². The maximum atomic E-state index is 13.2. The molecule has 5 heteroatoms. The summed E-state index contributed by atoms with van der Waals surface area (Å²) in [6.45, 7) is 14.9. The van der Waals surface area contributed by atoms with Crippen molar-refractivity contribution in [3.05, 3.63) is 0 Å². The van der Waals surface area contributed by atoms with Crippen molar-refractivity contribution >= 4 is 7.82 Å². The fourth-order valence-corrected chi connectivity index (χ4v) is 5.31. The number of hydrogen-bond acceptors (Lipinski definition) is 4. The Morgan fingerprint density at radius 1 is 0.500 bits per heavy atom. The molecule has 4 nitrogen and oxygen atoms in total. The van der Waals surface area contributed by atoms with Crippen LogP contribution in [0.25, 0.3) is 0 Å². The fraction of sp³-hybridized carbons (Fsp3) is 1.00. The summed E-state index contributed by atoms with van der Waals surface area (Å²) in [5.41, 5.74) is 0. The molecule has 3 unspecified atom stereocenters. The first-order valence-electron chi connectivity index (χ1n) is 13.9. The summed E-state index contributed by atoms with van der Waals surface area (Å²) in [4.78, 5) is 0. The first-order valence-corrected chi connectivity index (χ1v) is 15.4. The van der Waals surface area contributed by atoms with Crippen LogP contribution in [-0.2, 0) is 18.1 Å². The van der Waals surface area contributed by atoms with Gasteiger partial charge in [0.1, 0.15) is 0 Å². The first-order chi connectivity index (χ1) is 15.4. The van der Waals surface area contributed by atoms with Gasteiger partial charge in [-0.15, -0.1) is 0 Å². The average Bonchev–Trinajstić information content (AvgIpc) is 2.78. The zero-order valence-corrected chi connectivity index (χ0v) is 23.4. The van der Waals surface area contributed by atoms with Gasteiger partial charge in [-0.05, 0) is 56.3 Å². The third-order valence-corrected chi connectivity index (χ3v) is 7.92. The molecule has 0 aliphatic rings. The monoisotopic (exact) mass is 476 g/mol. The standard InChI is InChI=1S/C27H57O4P/c1-7-10-16-25(4)19-13-22-29-32(28,30-23-14-20-26(5)17-11-8-2)31-24-15-21-27(6)18-12-9-3/h25-27H,7-24H2,1-6H3. The lowest BCUT2D eigenvalue weighted by molar-refractivity contribution is 0.105. The Labute approximate surface area is 201 Å². The summed E-state index contributed by atoms with van der Waals surface area (Å²) in [6, 6.07) is 0. The molecule has 32 heavy (non-hydrogen) atoms. The normalized spacial score (nSPS) is 16.6. The van der Waals surface area contributed by atoms with Crippen molar-refractivity contribution in [3.63, 3.8) is 0 Å². The number of rotatable bonds is 24. The van der Waals surface area contributed by atoms with Crippen LogP contribution in [0.3, 0.4) is 0 Å². The van der Waals surface area contributed by atoms with Gasteiger partial charge < -0.3 is 0 Å². The highest BCUT2D eigenvalue weighted by Gasteiger charge is 2.26. The van der Waals surface area contributed by atoms with Gasteiger partial charge in [0.15, 0.2) is 0 Å². The zero-order valence-electron chi connectivity index (χ0n) is 22.5. The predicted molar refractivity (Wildman–Crippen MR) is 139 cm³/mol. The quantitative estimate of drug-likeness (QED) is 0.103. The Hall–Kier alpha value is 0.110. The minimum absolute atomic E-state index is 0.452. The van der Waals surface area contributed by atoms with Crippen molar-refractivity contribution in [2.24, 2.45) is 17.8 Å². The molecule has 0 aromatic rings. The molecule has 0 saturated carbocycles. The van der Waals surface area contributed by atoms with Gasteiger partial charge in [0.25, 0.3) is 0 Å². The summed E-state index contributed by atoms with van der Waals surface area (Å²) < 4.78 is 30.4. The lowest BCUT2D eigenvalue weighted by atomic mass is 9.99. The van der Waals surface area contributed by atoms with E-state index >= 15 is 0 Å². The second-order valence-electron chi connectivity index (χ2n) is 10.1. The van der Waals surface area contributed by atoms with E-state index in [0.717, 1.165) is 38.5 Å². The Kier molecular flexibility index (Phi) is 21.7. The molecule has 0 saturated heterocycles. The molecule has 0 rings (SSSR count). The molecule has 0 spiro atoms. The van der Waals surface area contributed by atoms with E-state index in [4.69, 9.17) is 13.6 Å². The summed E-state index contributed by atoms with van der Waals surface area (Å²) in [5.74, 6) is 2.07. The van der Waals surface area contributed by atoms with Gasteiger partial charge in [-0.2, -0.15) is 0 Å². The molecule has 0 radical (unpaired) electrons. The molecule has 194 valence electrons. The van der Waals surface area contributed by atoms with E-state index in [0.29, 0.717) is 37.6 Å². The van der Waals surface area contributed by atoms with Crippen LogP contribution in [0.4, 0.5) is 0 Å². The predicted octanol–water partition coefficient (Wildman–Crippen LogP) is 9.96. The van der Waals surface area contributed by atoms with Crippen molar-refractivity contribution in [1.29, 1.82) is 0 Å². The average molecular weight is 477 g/mol. The molecule has 0 bridgehead atoms. The molecule has 3 atom stereocenters. The van der Waals surface area contributed by atoms with Gasteiger partial charge in [0, 0.05) is 0 Å². The number of phosphoric ester groups is 1. The van der Waals surface area contributed by atoms with Crippen LogP contribution in [0.15, 0.2) is 0 Å². The van der Waals surface area contributed by atoms with E-state index in [2.05, 4.69) is 41.5 Å². The highest BCUT2D eigenvalue weighted by Crippen LogP contribution is 2.50. The molecule has 0 N–H and O–H groups in total. The Bertz CT molecular complexity index is 382. The van der Waals surface area contributed by atoms with E-state index < -0.39 is 7.82 Å². The van der Waals surface area contributed by atoms with Crippen molar-refractivity contribution in [2.45, 2.75) is 138 Å². The van der Waals surface area contributed by atoms with E-state index in [1.54, 1.807) is 0 Å². The van der Waals surface area contributed by atoms with Crippen molar-refractivity contribution in [3.8, 4) is 0 Å². The lowest BCUT2D eigenvalue weighted by Crippen LogP contribution is -2.07. The molecule has 0 fully saturated rings. The largest absolute Gasteiger partial charge is 0.474 e. The molecular weight excluding hydrogens is 419 g/mol. The smallest absolute Gasteiger partial charge is 0.287 e. The molecular formula is C27H57O4P. The van der Waals surface area contributed by atoms with Crippen molar-refractivity contribution < 1.29 is 18.1 Å². The van der Waals surface area contributed by atoms with Crippen molar-refractivity contribution in [1.82, 2.24) is 0 Å². The molecule has 0 aliphatic heterocycles. The Morgan fingerprint density at radius 3 is 1.00 bits per heavy atom. The molecule has 0 amide bonds. The van der Waals surface area contributed by atoms with Crippen LogP contribution in [0.2, 0.25) is 0 Å². The summed E-state index contributed by atoms with van der Waals surface area (Å²) in [5, 5.41) is 0. The van der Waals surface area contributed by atoms with E-state index in [9.17, 15) is 4.57 Å². The molecule has 0 aliphatic carbocycles. The fourth-order valence-electron chi connectivity index (χ4n) is 4.03. The number of unbranched alkanes of at least 4 members (excludes halogenated alkanes) is 3. The van der Waals surface area contributed by atoms with E-state index in [1.807, 2.05) is 0 Å². The third-order valence-electron chi connectivity index (χ3n) is 6.42. The Morgan fingerprint density at radius 2 is 0.750 bits per heavy atom. The van der Waals surface area contributed by atoms with Gasteiger partial charge in [-0.3, -0.25) is 13.6 Å². The molecule has 0 aromatic carbocycles. The zero-order chi connectivity index (χ0) is 24.1. The minimum atomic E-state index is -3.46. The van der Waals surface area contributed by atoms with Crippen LogP contribution >= 0.6 is 7.82 Å². The van der Waals surface area contributed by atoms with Gasteiger partial charge in [0.05, 0.1) is 19.8 Å². The highest BCUT2D eigenvalue weighted by molar-refractivity contribution is 7.48. The van der Waals surface area contributed by atoms with Crippen LogP contribution in [0.5, 0.6) is 0 Å². The van der Waals surface area contributed by atoms with Gasteiger partial charge >= 0.3 is 7.82 Å². The van der Waals surface area contributed by atoms with E-state index in [1.165, 1.54) is 57.8 Å². The SMILES string of the molecule is CCCCC(C)CCCOP(=O)(OCCCC(C)CCCC)OCCCC(C)CCCC. The summed E-state index contributed by atoms with van der Waals surface area (Å²) in [7, 11) is -3.46. The highest BCUT2D eigenvalue weighted by atomic mass is 31.2. The maximum absolute atomic E-state index is 13.2. The van der Waals surface area contributed by atoms with Gasteiger partial charge in [-0.25, -0.2) is 4.57 Å². The van der Waals surface area contributed by atoms with Crippen LogP contribution in [0, 0.1) is 17.8 Å². The van der Waals surface area contributed by atoms with Crippen LogP contribution in [0.1, 0.15) is 138 Å². The first kappa shape index (κ1) is 32.1. The minimum Gasteiger partial charge on any atom is -0.287 e. The van der Waals surface area contributed by atoms with Crippen LogP contribution < -0.4 is 0 Å². The second-order valence-corrected chi connectivity index (χ2v) is 11.8. The number of hydrogen-bond donors (Lipinski definition) is 0. The summed E-state index contributed by atoms with van der Waals surface area (Å²) >= 11 is 0. The molecule has 0 aromatic heterocycles. The van der Waals surface area contributed by atoms with Gasteiger partial charge in [0.2, 0.25) is 0 Å². The third kappa shape index (κ3) is 19.6. The Balaban J connectivity index is 4.38. The number of phosphoric acid groups is 1. The van der Waals surface area contributed by atoms with E-state index in [-0.39, 0.29) is 0 Å². The van der Waals surface area contributed by atoms with Gasteiger partial charge in [-0.1, -0.05) is 99.3 Å². The van der Waals surface area contributed by atoms with Crippen molar-refractivity contribution in [2.75, 3.05) is 19.8 Å². The molecule has 0 heterocycles. The second kappa shape index (κ2) is 21.6. The lowest BCUT2D eigenvalue weighted by Gasteiger charge is -2.20. The summed E-state index contributed by atoms with van der Waals surface area (Å²) in [6.07, 6.45) is 17.4. The maximum Gasteiger partial charge on any atom is 0.474 e.